The van der Waals surface area contributed by atoms with Crippen LogP contribution in [-0.2, 0) is 17.8 Å². The molecule has 0 aliphatic heterocycles. The second kappa shape index (κ2) is 21.1. The van der Waals surface area contributed by atoms with Gasteiger partial charge in [-0.3, -0.25) is 0 Å². The van der Waals surface area contributed by atoms with E-state index < -0.39 is 6.79 Å². The Morgan fingerprint density at radius 2 is 1.33 bits per heavy atom. The van der Waals surface area contributed by atoms with Crippen LogP contribution in [0.15, 0.2) is 24.3 Å². The highest BCUT2D eigenvalue weighted by Gasteiger charge is 1.97. The summed E-state index contributed by atoms with van der Waals surface area (Å²) in [5.74, 6) is 0. The molecule has 0 fully saturated rings. The molecule has 0 heterocycles. The summed E-state index contributed by atoms with van der Waals surface area (Å²) in [6, 6.07) is 9.01. The molecule has 3 N–H and O–H groups in total. The van der Waals surface area contributed by atoms with Crippen LogP contribution in [0.3, 0.4) is 0 Å². The summed E-state index contributed by atoms with van der Waals surface area (Å²) < 4.78 is 0. The van der Waals surface area contributed by atoms with E-state index >= 15 is 0 Å². The number of rotatable bonds is 16. The topological polar surface area (TPSA) is 69.6 Å². The van der Waals surface area contributed by atoms with Gasteiger partial charge < -0.3 is 20.3 Å². The van der Waals surface area contributed by atoms with Crippen LogP contribution < -0.4 is 5.32 Å². The van der Waals surface area contributed by atoms with Crippen molar-refractivity contribution >= 4 is 6.29 Å². The molecular weight excluding hydrogens is 338 g/mol. The highest BCUT2D eigenvalue weighted by molar-refractivity contribution is 5.48. The van der Waals surface area contributed by atoms with Gasteiger partial charge in [-0.15, -0.1) is 0 Å². The van der Waals surface area contributed by atoms with Crippen LogP contribution in [0.2, 0.25) is 0 Å². The fourth-order valence-corrected chi connectivity index (χ4v) is 3.01. The normalized spacial score (nSPS) is 10.3. The van der Waals surface area contributed by atoms with Gasteiger partial charge in [0.05, 0.1) is 0 Å². The van der Waals surface area contributed by atoms with Crippen molar-refractivity contribution in [1.29, 1.82) is 0 Å². The molecule has 0 radical (unpaired) electrons. The Balaban J connectivity index is 0.00000210. The molecule has 1 aromatic carbocycles. The van der Waals surface area contributed by atoms with E-state index in [4.69, 9.17) is 10.2 Å². The molecule has 0 unspecified atom stereocenters. The summed E-state index contributed by atoms with van der Waals surface area (Å²) in [7, 11) is 0. The van der Waals surface area contributed by atoms with Crippen molar-refractivity contribution in [2.75, 3.05) is 13.3 Å². The van der Waals surface area contributed by atoms with Crippen molar-refractivity contribution in [3.8, 4) is 0 Å². The molecule has 0 bridgehead atoms. The highest BCUT2D eigenvalue weighted by Crippen LogP contribution is 2.12. The van der Waals surface area contributed by atoms with Crippen molar-refractivity contribution in [2.24, 2.45) is 0 Å². The summed E-state index contributed by atoms with van der Waals surface area (Å²) in [4.78, 5) is 10.2. The fraction of sp³-hybridized carbons (Fsp3) is 0.696. The molecule has 0 spiro atoms. The van der Waals surface area contributed by atoms with Crippen LogP contribution in [0, 0.1) is 0 Å². The molecule has 0 amide bonds. The lowest BCUT2D eigenvalue weighted by atomic mass is 10.0. The number of aldehydes is 1. The van der Waals surface area contributed by atoms with Crippen molar-refractivity contribution in [1.82, 2.24) is 5.32 Å². The Bertz CT molecular complexity index is 420. The average molecular weight is 380 g/mol. The Kier molecular flexibility index (Phi) is 20.1. The minimum atomic E-state index is -0.750. The maximum absolute atomic E-state index is 10.2. The first-order valence-electron chi connectivity index (χ1n) is 10.7. The number of hydrogen-bond acceptors (Lipinski definition) is 4. The van der Waals surface area contributed by atoms with E-state index in [-0.39, 0.29) is 0 Å². The molecule has 156 valence electrons. The molecule has 0 aliphatic rings. The number of benzene rings is 1. The van der Waals surface area contributed by atoms with Gasteiger partial charge in [0, 0.05) is 13.0 Å². The van der Waals surface area contributed by atoms with E-state index in [0.29, 0.717) is 6.42 Å². The van der Waals surface area contributed by atoms with Crippen molar-refractivity contribution in [2.45, 2.75) is 90.5 Å². The predicted octanol–water partition coefficient (Wildman–Crippen LogP) is 4.76. The smallest absolute Gasteiger partial charge is 0.140 e. The van der Waals surface area contributed by atoms with E-state index in [9.17, 15) is 4.79 Å². The number of unbranched alkanes of at least 4 members (excludes halogenated alkanes) is 9. The summed E-state index contributed by atoms with van der Waals surface area (Å²) >= 11 is 0. The Hall–Kier alpha value is -1.23. The van der Waals surface area contributed by atoms with E-state index in [2.05, 4.69) is 36.5 Å². The van der Waals surface area contributed by atoms with E-state index in [0.717, 1.165) is 25.8 Å². The third-order valence-electron chi connectivity index (χ3n) is 4.60. The lowest BCUT2D eigenvalue weighted by Gasteiger charge is -2.06. The number of carbonyl (C=O) groups is 1. The van der Waals surface area contributed by atoms with Gasteiger partial charge in [-0.25, -0.2) is 0 Å². The van der Waals surface area contributed by atoms with Crippen LogP contribution in [0.1, 0.15) is 88.7 Å². The van der Waals surface area contributed by atoms with Crippen molar-refractivity contribution < 1.29 is 15.0 Å². The van der Waals surface area contributed by atoms with Crippen LogP contribution in [-0.4, -0.2) is 29.8 Å². The van der Waals surface area contributed by atoms with Gasteiger partial charge in [-0.2, -0.15) is 0 Å². The average Bonchev–Trinajstić information content (AvgIpc) is 2.68. The molecule has 0 saturated heterocycles. The summed E-state index contributed by atoms with van der Waals surface area (Å²) in [6.07, 6.45) is 16.3. The number of hydrogen-bond donors (Lipinski definition) is 3. The zero-order chi connectivity index (χ0) is 20.0. The molecule has 1 aromatic rings. The quantitative estimate of drug-likeness (QED) is 0.220. The van der Waals surface area contributed by atoms with Crippen molar-refractivity contribution in [3.63, 3.8) is 0 Å². The Morgan fingerprint density at radius 1 is 0.815 bits per heavy atom. The largest absolute Gasteiger partial charge is 0.371 e. The molecule has 0 aliphatic carbocycles. The molecule has 4 nitrogen and oxygen atoms in total. The SMILES string of the molecule is CCCCCCCCCCCc1ccc(CNCCCC=O)cc1.OCO. The zero-order valence-electron chi connectivity index (χ0n) is 17.3. The maximum atomic E-state index is 10.2. The van der Waals surface area contributed by atoms with Gasteiger partial charge in [-0.1, -0.05) is 82.6 Å². The molecule has 27 heavy (non-hydrogen) atoms. The molecule has 0 aromatic heterocycles. The molecule has 4 heteroatoms. The third-order valence-corrected chi connectivity index (χ3v) is 4.60. The molecule has 0 atom stereocenters. The lowest BCUT2D eigenvalue weighted by Crippen LogP contribution is -2.14. The first kappa shape index (κ1) is 25.8. The number of nitrogens with one attached hydrogen (secondary N) is 1. The molecular formula is C23H41NO3. The van der Waals surface area contributed by atoms with Crippen LogP contribution in [0.4, 0.5) is 0 Å². The van der Waals surface area contributed by atoms with Gasteiger partial charge in [0.25, 0.3) is 0 Å². The van der Waals surface area contributed by atoms with Gasteiger partial charge in [0.1, 0.15) is 13.1 Å². The van der Waals surface area contributed by atoms with Gasteiger partial charge in [0.15, 0.2) is 0 Å². The number of carbonyl (C=O) groups excluding carboxylic acids is 1. The molecule has 1 rings (SSSR count). The van der Waals surface area contributed by atoms with Gasteiger partial charge in [-0.05, 0) is 36.9 Å². The highest BCUT2D eigenvalue weighted by atomic mass is 16.5. The zero-order valence-corrected chi connectivity index (χ0v) is 17.3. The second-order valence-electron chi connectivity index (χ2n) is 7.02. The number of aryl methyl sites for hydroxylation is 1. The van der Waals surface area contributed by atoms with E-state index in [1.54, 1.807) is 0 Å². The summed E-state index contributed by atoms with van der Waals surface area (Å²) in [5.41, 5.74) is 2.79. The van der Waals surface area contributed by atoms with Crippen molar-refractivity contribution in [3.05, 3.63) is 35.4 Å². The Labute approximate surface area is 166 Å². The van der Waals surface area contributed by atoms with Gasteiger partial charge in [0.2, 0.25) is 0 Å². The van der Waals surface area contributed by atoms with Gasteiger partial charge >= 0.3 is 0 Å². The second-order valence-corrected chi connectivity index (χ2v) is 7.02. The number of aliphatic hydroxyl groups excluding tert-OH is 1. The lowest BCUT2D eigenvalue weighted by molar-refractivity contribution is -0.107. The first-order chi connectivity index (χ1) is 13.3. The summed E-state index contributed by atoms with van der Waals surface area (Å²) in [5, 5.41) is 17.6. The maximum Gasteiger partial charge on any atom is 0.140 e. The third kappa shape index (κ3) is 17.9. The van der Waals surface area contributed by atoms with E-state index in [1.165, 1.54) is 75.3 Å². The standard InChI is InChI=1S/C22H37NO.CH4O2/c1-2-3-4-5-6-7-8-9-10-13-21-14-16-22(17-15-21)20-23-18-11-12-19-24;2-1-3/h14-17,19,23H,2-13,18,20H2,1H3;2-3H,1H2. The fourth-order valence-electron chi connectivity index (χ4n) is 3.01. The first-order valence-corrected chi connectivity index (χ1v) is 10.7. The minimum absolute atomic E-state index is 0.657. The van der Waals surface area contributed by atoms with Crippen LogP contribution in [0.5, 0.6) is 0 Å². The summed E-state index contributed by atoms with van der Waals surface area (Å²) in [6.45, 7) is 3.34. The Morgan fingerprint density at radius 3 is 1.89 bits per heavy atom. The van der Waals surface area contributed by atoms with E-state index in [1.807, 2.05) is 0 Å². The number of aliphatic hydroxyl groups is 2. The molecule has 0 saturated carbocycles. The monoisotopic (exact) mass is 379 g/mol. The predicted molar refractivity (Wildman–Crippen MR) is 114 cm³/mol. The van der Waals surface area contributed by atoms with Crippen LogP contribution in [0.25, 0.3) is 0 Å². The van der Waals surface area contributed by atoms with Crippen LogP contribution >= 0.6 is 0 Å². The minimum Gasteiger partial charge on any atom is -0.371 e.